The van der Waals surface area contributed by atoms with Gasteiger partial charge in [0.15, 0.2) is 5.03 Å². The third-order valence-electron chi connectivity index (χ3n) is 3.55. The number of nitrogens with zero attached hydrogens (tertiary/aromatic N) is 1. The van der Waals surface area contributed by atoms with Gasteiger partial charge in [0, 0.05) is 24.3 Å². The van der Waals surface area contributed by atoms with Gasteiger partial charge in [0.2, 0.25) is 0 Å². The van der Waals surface area contributed by atoms with Crippen molar-refractivity contribution in [3.63, 3.8) is 0 Å². The second kappa shape index (κ2) is 5.60. The van der Waals surface area contributed by atoms with Crippen LogP contribution in [-0.2, 0) is 16.6 Å². The SMILES string of the molecule is Cc1[nH]nc(S(=O)(=O)NCC(C)C(C)(C)C)c1CN. The first-order valence-corrected chi connectivity index (χ1v) is 7.81. The summed E-state index contributed by atoms with van der Waals surface area (Å²) < 4.78 is 27.0. The summed E-state index contributed by atoms with van der Waals surface area (Å²) in [6, 6.07) is 0. The lowest BCUT2D eigenvalue weighted by Crippen LogP contribution is -2.34. The van der Waals surface area contributed by atoms with Crippen LogP contribution in [0.2, 0.25) is 0 Å². The van der Waals surface area contributed by atoms with Crippen molar-refractivity contribution in [3.05, 3.63) is 11.3 Å². The molecule has 0 aromatic carbocycles. The molecule has 1 unspecified atom stereocenters. The highest BCUT2D eigenvalue weighted by atomic mass is 32.2. The molecule has 0 saturated heterocycles. The first kappa shape index (κ1) is 16.1. The molecule has 0 fully saturated rings. The first-order chi connectivity index (χ1) is 8.59. The molecule has 0 saturated carbocycles. The third kappa shape index (κ3) is 3.77. The molecule has 1 aromatic heterocycles. The van der Waals surface area contributed by atoms with Crippen molar-refractivity contribution >= 4 is 10.0 Å². The molecule has 0 aliphatic heterocycles. The Hall–Kier alpha value is -0.920. The molecular weight excluding hydrogens is 264 g/mol. The molecule has 1 heterocycles. The van der Waals surface area contributed by atoms with Crippen LogP contribution < -0.4 is 10.5 Å². The normalized spacial score (nSPS) is 14.6. The summed E-state index contributed by atoms with van der Waals surface area (Å²) in [7, 11) is -3.61. The molecule has 4 N–H and O–H groups in total. The van der Waals surface area contributed by atoms with E-state index < -0.39 is 10.0 Å². The fraction of sp³-hybridized carbons (Fsp3) is 0.750. The second-order valence-electron chi connectivity index (χ2n) is 5.96. The zero-order chi connectivity index (χ0) is 14.8. The molecule has 0 spiro atoms. The zero-order valence-corrected chi connectivity index (χ0v) is 13.1. The fourth-order valence-corrected chi connectivity index (χ4v) is 2.83. The van der Waals surface area contributed by atoms with Crippen LogP contribution in [0.25, 0.3) is 0 Å². The van der Waals surface area contributed by atoms with Gasteiger partial charge in [-0.25, -0.2) is 13.1 Å². The Morgan fingerprint density at radius 1 is 1.42 bits per heavy atom. The van der Waals surface area contributed by atoms with Crippen molar-refractivity contribution in [2.75, 3.05) is 6.54 Å². The molecule has 1 atom stereocenters. The van der Waals surface area contributed by atoms with E-state index in [-0.39, 0.29) is 22.9 Å². The summed E-state index contributed by atoms with van der Waals surface area (Å²) in [6.07, 6.45) is 0. The fourth-order valence-electron chi connectivity index (χ4n) is 1.50. The third-order valence-corrected chi connectivity index (χ3v) is 4.95. The highest BCUT2D eigenvalue weighted by Gasteiger charge is 2.26. The van der Waals surface area contributed by atoms with Gasteiger partial charge in [-0.15, -0.1) is 0 Å². The highest BCUT2D eigenvalue weighted by molar-refractivity contribution is 7.89. The quantitative estimate of drug-likeness (QED) is 0.756. The number of aryl methyl sites for hydroxylation is 1. The van der Waals surface area contributed by atoms with Crippen LogP contribution in [0, 0.1) is 18.3 Å². The molecule has 0 aliphatic carbocycles. The minimum Gasteiger partial charge on any atom is -0.326 e. The number of sulfonamides is 1. The van der Waals surface area contributed by atoms with Crippen LogP contribution in [0.15, 0.2) is 5.03 Å². The van der Waals surface area contributed by atoms with Gasteiger partial charge >= 0.3 is 0 Å². The molecule has 6 nitrogen and oxygen atoms in total. The van der Waals surface area contributed by atoms with E-state index in [1.54, 1.807) is 6.92 Å². The zero-order valence-electron chi connectivity index (χ0n) is 12.2. The van der Waals surface area contributed by atoms with Gasteiger partial charge in [-0.05, 0) is 18.3 Å². The number of nitrogens with one attached hydrogen (secondary N) is 2. The number of hydrogen-bond acceptors (Lipinski definition) is 4. The average molecular weight is 288 g/mol. The van der Waals surface area contributed by atoms with Crippen LogP contribution >= 0.6 is 0 Å². The molecule has 0 bridgehead atoms. The second-order valence-corrected chi connectivity index (χ2v) is 7.64. The van der Waals surface area contributed by atoms with Crippen molar-refractivity contribution < 1.29 is 8.42 Å². The largest absolute Gasteiger partial charge is 0.326 e. The minimum atomic E-state index is -3.61. The highest BCUT2D eigenvalue weighted by Crippen LogP contribution is 2.25. The number of H-pyrrole nitrogens is 1. The first-order valence-electron chi connectivity index (χ1n) is 6.33. The van der Waals surface area contributed by atoms with E-state index in [9.17, 15) is 8.42 Å². The van der Waals surface area contributed by atoms with E-state index in [4.69, 9.17) is 5.73 Å². The molecule has 110 valence electrons. The van der Waals surface area contributed by atoms with Crippen LogP contribution in [-0.4, -0.2) is 25.2 Å². The van der Waals surface area contributed by atoms with E-state index in [1.807, 2.05) is 6.92 Å². The van der Waals surface area contributed by atoms with E-state index in [0.717, 1.165) is 0 Å². The number of aromatic amines is 1. The molecule has 7 heteroatoms. The van der Waals surface area contributed by atoms with Gasteiger partial charge in [-0.3, -0.25) is 5.10 Å². The molecular formula is C12H24N4O2S. The topological polar surface area (TPSA) is 101 Å². The number of nitrogens with two attached hydrogens (primary N) is 1. The lowest BCUT2D eigenvalue weighted by atomic mass is 9.82. The van der Waals surface area contributed by atoms with E-state index in [1.165, 1.54) is 0 Å². The van der Waals surface area contributed by atoms with Gasteiger partial charge < -0.3 is 5.73 Å². The van der Waals surface area contributed by atoms with E-state index in [2.05, 4.69) is 35.7 Å². The van der Waals surface area contributed by atoms with Crippen molar-refractivity contribution in [2.24, 2.45) is 17.1 Å². The molecule has 0 aliphatic rings. The average Bonchev–Trinajstić information content (AvgIpc) is 2.66. The maximum atomic E-state index is 12.2. The Balaban J connectivity index is 2.88. The maximum Gasteiger partial charge on any atom is 0.260 e. The molecule has 1 rings (SSSR count). The van der Waals surface area contributed by atoms with Gasteiger partial charge in [0.1, 0.15) is 0 Å². The monoisotopic (exact) mass is 288 g/mol. The molecule has 19 heavy (non-hydrogen) atoms. The Morgan fingerprint density at radius 3 is 2.47 bits per heavy atom. The smallest absolute Gasteiger partial charge is 0.260 e. The Kier molecular flexibility index (Phi) is 4.76. The van der Waals surface area contributed by atoms with E-state index >= 15 is 0 Å². The molecule has 0 amide bonds. The summed E-state index contributed by atoms with van der Waals surface area (Å²) in [5.41, 5.74) is 6.83. The van der Waals surface area contributed by atoms with Gasteiger partial charge in [0.05, 0.1) is 0 Å². The van der Waals surface area contributed by atoms with Crippen molar-refractivity contribution in [1.82, 2.24) is 14.9 Å². The number of hydrogen-bond donors (Lipinski definition) is 3. The predicted octanol–water partition coefficient (Wildman–Crippen LogP) is 1.14. The van der Waals surface area contributed by atoms with Crippen LogP contribution in [0.5, 0.6) is 0 Å². The minimum absolute atomic E-state index is 0.00797. The number of rotatable bonds is 5. The summed E-state index contributed by atoms with van der Waals surface area (Å²) in [4.78, 5) is 0. The Labute approximate surface area is 115 Å². The van der Waals surface area contributed by atoms with E-state index in [0.29, 0.717) is 17.8 Å². The lowest BCUT2D eigenvalue weighted by molar-refractivity contribution is 0.263. The van der Waals surface area contributed by atoms with Gasteiger partial charge in [-0.1, -0.05) is 27.7 Å². The Morgan fingerprint density at radius 2 is 2.00 bits per heavy atom. The van der Waals surface area contributed by atoms with Crippen molar-refractivity contribution in [1.29, 1.82) is 0 Å². The summed E-state index contributed by atoms with van der Waals surface area (Å²) in [5, 5.41) is 6.51. The maximum absolute atomic E-state index is 12.2. The van der Waals surface area contributed by atoms with Gasteiger partial charge in [-0.2, -0.15) is 5.10 Å². The Bertz CT molecular complexity index is 528. The summed E-state index contributed by atoms with van der Waals surface area (Å²) >= 11 is 0. The van der Waals surface area contributed by atoms with Crippen LogP contribution in [0.3, 0.4) is 0 Å². The van der Waals surface area contributed by atoms with Crippen LogP contribution in [0.1, 0.15) is 39.0 Å². The standard InChI is InChI=1S/C12H24N4O2S/c1-8(12(3,4)5)7-14-19(17,18)11-10(6-13)9(2)15-16-11/h8,14H,6-7,13H2,1-5H3,(H,15,16). The van der Waals surface area contributed by atoms with Crippen LogP contribution in [0.4, 0.5) is 0 Å². The lowest BCUT2D eigenvalue weighted by Gasteiger charge is -2.27. The van der Waals surface area contributed by atoms with Crippen molar-refractivity contribution in [3.8, 4) is 0 Å². The number of aromatic nitrogens is 2. The van der Waals surface area contributed by atoms with Crippen molar-refractivity contribution in [2.45, 2.75) is 46.2 Å². The predicted molar refractivity (Wildman–Crippen MR) is 75.0 cm³/mol. The molecule has 0 radical (unpaired) electrons. The van der Waals surface area contributed by atoms with Gasteiger partial charge in [0.25, 0.3) is 10.0 Å². The molecule has 1 aromatic rings. The summed E-state index contributed by atoms with van der Waals surface area (Å²) in [5.74, 6) is 0.212. The summed E-state index contributed by atoms with van der Waals surface area (Å²) in [6.45, 7) is 10.5.